The Labute approximate surface area is 167 Å². The van der Waals surface area contributed by atoms with E-state index >= 15 is 0 Å². The molecule has 2 atom stereocenters. The Morgan fingerprint density at radius 3 is 2.26 bits per heavy atom. The van der Waals surface area contributed by atoms with Crippen molar-refractivity contribution in [2.75, 3.05) is 32.6 Å². The maximum absolute atomic E-state index is 12.8. The quantitative estimate of drug-likeness (QED) is 0.654. The van der Waals surface area contributed by atoms with Gasteiger partial charge in [0.1, 0.15) is 5.75 Å². The van der Waals surface area contributed by atoms with Crippen molar-refractivity contribution >= 4 is 29.1 Å². The van der Waals surface area contributed by atoms with Gasteiger partial charge < -0.3 is 15.0 Å². The number of hydrogen-bond acceptors (Lipinski definition) is 4. The van der Waals surface area contributed by atoms with Gasteiger partial charge in [0.15, 0.2) is 0 Å². The number of anilines is 1. The second-order valence-electron chi connectivity index (χ2n) is 6.88. The van der Waals surface area contributed by atoms with Gasteiger partial charge in [-0.05, 0) is 51.9 Å². The average Bonchev–Trinajstić information content (AvgIpc) is 2.61. The van der Waals surface area contributed by atoms with Gasteiger partial charge in [0.05, 0.1) is 25.9 Å². The zero-order valence-electron chi connectivity index (χ0n) is 17.2. The van der Waals surface area contributed by atoms with E-state index in [1.807, 2.05) is 4.90 Å². The largest absolute Gasteiger partial charge is 0.495 e. The second kappa shape index (κ2) is 11.1. The lowest BCUT2D eigenvalue weighted by Gasteiger charge is -2.35. The van der Waals surface area contributed by atoms with Crippen molar-refractivity contribution < 1.29 is 14.3 Å². The minimum Gasteiger partial charge on any atom is -0.495 e. The second-order valence-corrected chi connectivity index (χ2v) is 7.32. The van der Waals surface area contributed by atoms with Gasteiger partial charge in [-0.15, -0.1) is 0 Å². The molecule has 0 aromatic heterocycles. The Hall–Kier alpha value is -1.79. The minimum absolute atomic E-state index is 0.0364. The van der Waals surface area contributed by atoms with Gasteiger partial charge in [0.25, 0.3) is 0 Å². The minimum atomic E-state index is -0.232. The Kier molecular flexibility index (Phi) is 9.60. The highest BCUT2D eigenvalue weighted by molar-refractivity contribution is 6.31. The van der Waals surface area contributed by atoms with Crippen LogP contribution in [0, 0.1) is 0 Å². The van der Waals surface area contributed by atoms with Crippen LogP contribution in [0.2, 0.25) is 5.02 Å². The number of hydrogen-bond donors (Lipinski definition) is 1. The molecule has 0 spiro atoms. The summed E-state index contributed by atoms with van der Waals surface area (Å²) in [7, 11) is 3.29. The highest BCUT2D eigenvalue weighted by Crippen LogP contribution is 2.27. The summed E-state index contributed by atoms with van der Waals surface area (Å²) < 4.78 is 5.23. The number of nitrogens with zero attached hydrogens (tertiary/aromatic N) is 2. The van der Waals surface area contributed by atoms with Crippen molar-refractivity contribution in [3.05, 3.63) is 23.2 Å². The van der Waals surface area contributed by atoms with E-state index in [0.717, 1.165) is 12.8 Å². The molecule has 27 heavy (non-hydrogen) atoms. The summed E-state index contributed by atoms with van der Waals surface area (Å²) in [5, 5.41) is 3.30. The van der Waals surface area contributed by atoms with Crippen molar-refractivity contribution in [3.63, 3.8) is 0 Å². The molecule has 2 amide bonds. The molecule has 1 rings (SSSR count). The molecule has 0 aliphatic rings. The molecule has 0 aliphatic heterocycles. The van der Waals surface area contributed by atoms with Crippen LogP contribution in [-0.4, -0.2) is 60.9 Å². The molecule has 0 aliphatic carbocycles. The smallest absolute Gasteiger partial charge is 0.238 e. The van der Waals surface area contributed by atoms with Crippen LogP contribution in [-0.2, 0) is 9.59 Å². The maximum atomic E-state index is 12.8. The first-order chi connectivity index (χ1) is 12.7. The Bertz CT molecular complexity index is 629. The SMILES string of the molecule is CC[C@H](C)N(C(=O)CN(C)CC(=O)Nc1cc(Cl)ccc1OC)[C@@H](C)CC. The van der Waals surface area contributed by atoms with E-state index in [0.29, 0.717) is 16.5 Å². The van der Waals surface area contributed by atoms with Gasteiger partial charge in [-0.2, -0.15) is 0 Å². The van der Waals surface area contributed by atoms with Crippen molar-refractivity contribution in [3.8, 4) is 5.75 Å². The third kappa shape index (κ3) is 7.03. The summed E-state index contributed by atoms with van der Waals surface area (Å²) >= 11 is 5.99. The number of rotatable bonds is 10. The molecular formula is C20H32ClN3O3. The summed E-state index contributed by atoms with van der Waals surface area (Å²) in [6.45, 7) is 8.54. The maximum Gasteiger partial charge on any atom is 0.238 e. The van der Waals surface area contributed by atoms with Crippen LogP contribution in [0.15, 0.2) is 18.2 Å². The van der Waals surface area contributed by atoms with Gasteiger partial charge in [-0.3, -0.25) is 14.5 Å². The topological polar surface area (TPSA) is 61.9 Å². The van der Waals surface area contributed by atoms with Crippen LogP contribution in [0.25, 0.3) is 0 Å². The van der Waals surface area contributed by atoms with Gasteiger partial charge in [0.2, 0.25) is 11.8 Å². The van der Waals surface area contributed by atoms with Gasteiger partial charge in [0, 0.05) is 17.1 Å². The molecule has 7 heteroatoms. The first-order valence-corrected chi connectivity index (χ1v) is 9.74. The van der Waals surface area contributed by atoms with E-state index in [9.17, 15) is 9.59 Å². The van der Waals surface area contributed by atoms with Crippen LogP contribution >= 0.6 is 11.6 Å². The third-order valence-electron chi connectivity index (χ3n) is 4.67. The summed E-state index contributed by atoms with van der Waals surface area (Å²) in [6.07, 6.45) is 1.80. The van der Waals surface area contributed by atoms with Gasteiger partial charge in [-0.25, -0.2) is 0 Å². The molecule has 6 nitrogen and oxygen atoms in total. The number of benzene rings is 1. The Morgan fingerprint density at radius 2 is 1.74 bits per heavy atom. The molecule has 0 unspecified atom stereocenters. The van der Waals surface area contributed by atoms with Crippen molar-refractivity contribution in [2.24, 2.45) is 0 Å². The highest BCUT2D eigenvalue weighted by Gasteiger charge is 2.24. The molecule has 1 aromatic carbocycles. The van der Waals surface area contributed by atoms with Crippen molar-refractivity contribution in [1.29, 1.82) is 0 Å². The lowest BCUT2D eigenvalue weighted by Crippen LogP contribution is -2.49. The first-order valence-electron chi connectivity index (χ1n) is 9.36. The predicted octanol–water partition coefficient (Wildman–Crippen LogP) is 3.64. The fourth-order valence-electron chi connectivity index (χ4n) is 2.90. The van der Waals surface area contributed by atoms with Crippen molar-refractivity contribution in [1.82, 2.24) is 9.80 Å². The summed E-state index contributed by atoms with van der Waals surface area (Å²) in [6, 6.07) is 5.37. The Morgan fingerprint density at radius 1 is 1.15 bits per heavy atom. The summed E-state index contributed by atoms with van der Waals surface area (Å²) in [4.78, 5) is 28.8. The fourth-order valence-corrected chi connectivity index (χ4v) is 3.07. The summed E-state index contributed by atoms with van der Waals surface area (Å²) in [5.74, 6) is 0.338. The van der Waals surface area contributed by atoms with Gasteiger partial charge in [-0.1, -0.05) is 25.4 Å². The molecule has 1 N–H and O–H groups in total. The van der Waals surface area contributed by atoms with E-state index < -0.39 is 0 Å². The number of carbonyl (C=O) groups excluding carboxylic acids is 2. The lowest BCUT2D eigenvalue weighted by atomic mass is 10.1. The average molecular weight is 398 g/mol. The monoisotopic (exact) mass is 397 g/mol. The first kappa shape index (κ1) is 23.2. The zero-order valence-corrected chi connectivity index (χ0v) is 18.0. The predicted molar refractivity (Wildman–Crippen MR) is 110 cm³/mol. The van der Waals surface area contributed by atoms with E-state index in [1.54, 1.807) is 30.1 Å². The number of amides is 2. The number of likely N-dealkylation sites (N-methyl/N-ethyl adjacent to an activating group) is 1. The molecule has 0 fully saturated rings. The number of halogens is 1. The molecule has 152 valence electrons. The van der Waals surface area contributed by atoms with Crippen LogP contribution in [0.1, 0.15) is 40.5 Å². The molecule has 0 heterocycles. The summed E-state index contributed by atoms with van der Waals surface area (Å²) in [5.41, 5.74) is 0.510. The van der Waals surface area contributed by atoms with Crippen LogP contribution < -0.4 is 10.1 Å². The van der Waals surface area contributed by atoms with Crippen molar-refractivity contribution in [2.45, 2.75) is 52.6 Å². The third-order valence-corrected chi connectivity index (χ3v) is 4.91. The zero-order chi connectivity index (χ0) is 20.6. The number of nitrogens with one attached hydrogen (secondary N) is 1. The molecule has 0 saturated heterocycles. The normalized spacial score (nSPS) is 13.2. The van der Waals surface area contributed by atoms with E-state index in [-0.39, 0.29) is 37.0 Å². The van der Waals surface area contributed by atoms with E-state index in [1.165, 1.54) is 7.11 Å². The Balaban J connectivity index is 2.70. The highest BCUT2D eigenvalue weighted by atomic mass is 35.5. The fraction of sp³-hybridized carbons (Fsp3) is 0.600. The molecule has 0 saturated carbocycles. The molecule has 1 aromatic rings. The van der Waals surface area contributed by atoms with Crippen LogP contribution in [0.5, 0.6) is 5.75 Å². The van der Waals surface area contributed by atoms with Crippen LogP contribution in [0.4, 0.5) is 5.69 Å². The molecule has 0 radical (unpaired) electrons. The number of carbonyl (C=O) groups is 2. The number of methoxy groups -OCH3 is 1. The lowest BCUT2D eigenvalue weighted by molar-refractivity contribution is -0.136. The van der Waals surface area contributed by atoms with E-state index in [2.05, 4.69) is 33.0 Å². The van der Waals surface area contributed by atoms with E-state index in [4.69, 9.17) is 16.3 Å². The van der Waals surface area contributed by atoms with Crippen LogP contribution in [0.3, 0.4) is 0 Å². The number of ether oxygens (including phenoxy) is 1. The standard InChI is InChI=1S/C20H32ClN3O3/c1-7-14(3)24(15(4)8-2)20(26)13-23(5)12-19(25)22-17-11-16(21)9-10-18(17)27-6/h9-11,14-15H,7-8,12-13H2,1-6H3,(H,22,25)/t14-,15-/m0/s1. The molecule has 0 bridgehead atoms. The van der Waals surface area contributed by atoms with Gasteiger partial charge >= 0.3 is 0 Å². The molecular weight excluding hydrogens is 366 g/mol.